The number of ether oxygens (including phenoxy) is 1. The predicted octanol–water partition coefficient (Wildman–Crippen LogP) is 0.833. The van der Waals surface area contributed by atoms with Crippen LogP contribution in [0.25, 0.3) is 0 Å². The van der Waals surface area contributed by atoms with Crippen molar-refractivity contribution < 1.29 is 14.9 Å². The fraction of sp³-hybridized carbons (Fsp3) is 0.727. The lowest BCUT2D eigenvalue weighted by molar-refractivity contribution is -0.00597. The fourth-order valence-corrected chi connectivity index (χ4v) is 2.83. The second kappa shape index (κ2) is 9.07. The lowest BCUT2D eigenvalue weighted by Gasteiger charge is -2.17. The van der Waals surface area contributed by atoms with Gasteiger partial charge in [0.2, 0.25) is 0 Å². The van der Waals surface area contributed by atoms with Gasteiger partial charge in [-0.1, -0.05) is 0 Å². The Bertz CT molecular complexity index is 343. The van der Waals surface area contributed by atoms with Crippen molar-refractivity contribution in [1.82, 2.24) is 10.3 Å². The zero-order valence-corrected chi connectivity index (χ0v) is 13.0. The minimum absolute atomic E-state index is 0. The van der Waals surface area contributed by atoms with Crippen LogP contribution in [0.4, 0.5) is 0 Å². The number of aliphatic hydroxyl groups is 2. The lowest BCUT2D eigenvalue weighted by atomic mass is 10.1. The maximum Gasteiger partial charge on any atom is 0.106 e. The lowest BCUT2D eigenvalue weighted by Crippen LogP contribution is -2.39. The van der Waals surface area contributed by atoms with E-state index in [2.05, 4.69) is 10.3 Å². The largest absolute Gasteiger partial charge is 0.390 e. The molecule has 0 saturated heterocycles. The van der Waals surface area contributed by atoms with Crippen molar-refractivity contribution in [3.05, 3.63) is 16.6 Å². The molecule has 112 valence electrons. The molecule has 1 fully saturated rings. The van der Waals surface area contributed by atoms with E-state index in [1.54, 1.807) is 24.6 Å². The molecule has 5 nitrogen and oxygen atoms in total. The molecule has 1 aliphatic carbocycles. The smallest absolute Gasteiger partial charge is 0.106 e. The molecular formula is C11H20Cl2N2O3S. The minimum Gasteiger partial charge on any atom is -0.390 e. The van der Waals surface area contributed by atoms with E-state index in [1.165, 1.54) is 0 Å². The number of nitrogens with zero attached hydrogens (tertiary/aromatic N) is 1. The molecule has 1 aliphatic rings. The summed E-state index contributed by atoms with van der Waals surface area (Å²) in [4.78, 5) is 4.16. The Hall–Kier alpha value is 0.0500. The summed E-state index contributed by atoms with van der Waals surface area (Å²) in [6.07, 6.45) is 1.05. The molecule has 8 heteroatoms. The summed E-state index contributed by atoms with van der Waals surface area (Å²) in [5.41, 5.74) is 0. The Kier molecular flexibility index (Phi) is 9.10. The average Bonchev–Trinajstić information content (AvgIpc) is 2.91. The maximum absolute atomic E-state index is 9.90. The van der Waals surface area contributed by atoms with Crippen LogP contribution >= 0.6 is 36.2 Å². The average molecular weight is 331 g/mol. The van der Waals surface area contributed by atoms with Gasteiger partial charge in [0.25, 0.3) is 0 Å². The van der Waals surface area contributed by atoms with E-state index in [1.807, 2.05) is 5.38 Å². The molecule has 0 amide bonds. The zero-order chi connectivity index (χ0) is 12.3. The van der Waals surface area contributed by atoms with Crippen molar-refractivity contribution >= 4 is 36.2 Å². The summed E-state index contributed by atoms with van der Waals surface area (Å²) in [5.74, 6) is 0.00351. The number of hydrogen-bond donors (Lipinski definition) is 3. The third kappa shape index (κ3) is 4.82. The van der Waals surface area contributed by atoms with Gasteiger partial charge in [-0.2, -0.15) is 0 Å². The van der Waals surface area contributed by atoms with Crippen LogP contribution in [-0.4, -0.2) is 47.2 Å². The number of nitrogens with one attached hydrogen (secondary N) is 1. The van der Waals surface area contributed by atoms with Crippen molar-refractivity contribution in [2.45, 2.75) is 31.2 Å². The first-order chi connectivity index (χ1) is 8.22. The predicted molar refractivity (Wildman–Crippen MR) is 79.2 cm³/mol. The maximum atomic E-state index is 9.90. The van der Waals surface area contributed by atoms with Crippen LogP contribution in [0, 0.1) is 5.92 Å². The van der Waals surface area contributed by atoms with Crippen LogP contribution in [-0.2, 0) is 11.3 Å². The molecule has 0 bridgehead atoms. The van der Waals surface area contributed by atoms with Crippen LogP contribution in [0.3, 0.4) is 0 Å². The van der Waals surface area contributed by atoms with Crippen molar-refractivity contribution in [2.24, 2.45) is 5.92 Å². The van der Waals surface area contributed by atoms with Gasteiger partial charge < -0.3 is 20.3 Å². The van der Waals surface area contributed by atoms with Crippen LogP contribution in [0.5, 0.6) is 0 Å². The molecule has 3 N–H and O–H groups in total. The number of hydrogen-bond acceptors (Lipinski definition) is 6. The molecule has 19 heavy (non-hydrogen) atoms. The van der Waals surface area contributed by atoms with Gasteiger partial charge in [0, 0.05) is 37.2 Å². The zero-order valence-electron chi connectivity index (χ0n) is 10.6. The summed E-state index contributed by atoms with van der Waals surface area (Å²) >= 11 is 1.58. The summed E-state index contributed by atoms with van der Waals surface area (Å²) < 4.78 is 5.03. The normalized spacial score (nSPS) is 29.6. The summed E-state index contributed by atoms with van der Waals surface area (Å²) in [6.45, 7) is 1.11. The van der Waals surface area contributed by atoms with Gasteiger partial charge in [-0.05, 0) is 6.42 Å². The summed E-state index contributed by atoms with van der Waals surface area (Å²) in [6, 6.07) is -0.0888. The molecular weight excluding hydrogens is 311 g/mol. The third-order valence-corrected chi connectivity index (χ3v) is 3.96. The van der Waals surface area contributed by atoms with Crippen LogP contribution in [0.15, 0.2) is 11.6 Å². The van der Waals surface area contributed by atoms with E-state index in [-0.39, 0.29) is 36.8 Å². The van der Waals surface area contributed by atoms with E-state index in [9.17, 15) is 10.2 Å². The summed E-state index contributed by atoms with van der Waals surface area (Å²) in [5, 5.41) is 25.9. The van der Waals surface area contributed by atoms with Gasteiger partial charge >= 0.3 is 0 Å². The highest BCUT2D eigenvalue weighted by Crippen LogP contribution is 2.27. The number of thiazole rings is 1. The second-order valence-corrected chi connectivity index (χ2v) is 5.32. The van der Waals surface area contributed by atoms with E-state index >= 15 is 0 Å². The Balaban J connectivity index is 0.00000162. The third-order valence-electron chi connectivity index (χ3n) is 3.18. The van der Waals surface area contributed by atoms with E-state index in [4.69, 9.17) is 4.74 Å². The van der Waals surface area contributed by atoms with Gasteiger partial charge in [0.05, 0.1) is 18.8 Å². The monoisotopic (exact) mass is 330 g/mol. The molecule has 1 aromatic rings. The highest BCUT2D eigenvalue weighted by atomic mass is 35.5. The number of halogens is 2. The van der Waals surface area contributed by atoms with Gasteiger partial charge in [0.15, 0.2) is 0 Å². The number of aliphatic hydroxyl groups excluding tert-OH is 2. The standard InChI is InChI=1S/C11H18N2O3S.2ClH/c1-16-6-7-4-8(11(15)10(7)14)13-5-9-12-2-3-17-9;;/h2-3,7-8,10-11,13-15H,4-6H2,1H3;2*1H/t7-,8-,10-,11+;;/m1../s1. The van der Waals surface area contributed by atoms with Crippen molar-refractivity contribution in [1.29, 1.82) is 0 Å². The molecule has 0 aromatic carbocycles. The van der Waals surface area contributed by atoms with Crippen molar-refractivity contribution in [3.63, 3.8) is 0 Å². The van der Waals surface area contributed by atoms with E-state index in [0.717, 1.165) is 11.4 Å². The number of rotatable bonds is 5. The highest BCUT2D eigenvalue weighted by molar-refractivity contribution is 7.09. The quantitative estimate of drug-likeness (QED) is 0.745. The number of methoxy groups -OCH3 is 1. The second-order valence-electron chi connectivity index (χ2n) is 4.35. The van der Waals surface area contributed by atoms with Crippen molar-refractivity contribution in [3.8, 4) is 0 Å². The summed E-state index contributed by atoms with van der Waals surface area (Å²) in [7, 11) is 1.61. The first kappa shape index (κ1) is 19.1. The fourth-order valence-electron chi connectivity index (χ4n) is 2.27. The van der Waals surface area contributed by atoms with Crippen LogP contribution < -0.4 is 5.32 Å². The highest BCUT2D eigenvalue weighted by Gasteiger charge is 2.40. The molecule has 1 aromatic heterocycles. The molecule has 4 atom stereocenters. The molecule has 0 unspecified atom stereocenters. The Labute approximate surface area is 129 Å². The molecule has 2 rings (SSSR count). The molecule has 1 heterocycles. The minimum atomic E-state index is -0.727. The van der Waals surface area contributed by atoms with E-state index in [0.29, 0.717) is 13.2 Å². The van der Waals surface area contributed by atoms with Crippen molar-refractivity contribution in [2.75, 3.05) is 13.7 Å². The molecule has 1 saturated carbocycles. The molecule has 0 aliphatic heterocycles. The van der Waals surface area contributed by atoms with Gasteiger partial charge in [-0.3, -0.25) is 0 Å². The Morgan fingerprint density at radius 2 is 2.16 bits per heavy atom. The Morgan fingerprint density at radius 3 is 2.74 bits per heavy atom. The molecule has 0 spiro atoms. The van der Waals surface area contributed by atoms with Gasteiger partial charge in [-0.25, -0.2) is 4.98 Å². The Morgan fingerprint density at radius 1 is 1.42 bits per heavy atom. The molecule has 0 radical (unpaired) electrons. The topological polar surface area (TPSA) is 74.6 Å². The first-order valence-corrected chi connectivity index (χ1v) is 6.57. The van der Waals surface area contributed by atoms with E-state index < -0.39 is 12.2 Å². The van der Waals surface area contributed by atoms with Gasteiger partial charge in [0.1, 0.15) is 5.01 Å². The number of aromatic nitrogens is 1. The van der Waals surface area contributed by atoms with Crippen LogP contribution in [0.1, 0.15) is 11.4 Å². The van der Waals surface area contributed by atoms with Gasteiger partial charge in [-0.15, -0.1) is 36.2 Å². The SMILES string of the molecule is COC[C@H]1C[C@@H](NCc2nccs2)[C@H](O)[C@@H]1O.Cl.Cl. The first-order valence-electron chi connectivity index (χ1n) is 5.69. The van der Waals surface area contributed by atoms with Crippen LogP contribution in [0.2, 0.25) is 0 Å².